The number of rotatable bonds is 7. The van der Waals surface area contributed by atoms with Gasteiger partial charge < -0.3 is 14.9 Å². The van der Waals surface area contributed by atoms with E-state index in [4.69, 9.17) is 0 Å². The summed E-state index contributed by atoms with van der Waals surface area (Å²) in [6, 6.07) is 16.4. The third-order valence-corrected chi connectivity index (χ3v) is 7.08. The highest BCUT2D eigenvalue weighted by Crippen LogP contribution is 2.46. The number of carboxylic acid groups (broad SMARTS) is 1. The lowest BCUT2D eigenvalue weighted by atomic mass is 9.84. The van der Waals surface area contributed by atoms with Crippen LogP contribution >= 0.6 is 0 Å². The Morgan fingerprint density at radius 2 is 1.43 bits per heavy atom. The zero-order chi connectivity index (χ0) is 29.2. The number of hydrogen-bond donors (Lipinski definition) is 1. The van der Waals surface area contributed by atoms with Gasteiger partial charge in [-0.1, -0.05) is 50.2 Å². The summed E-state index contributed by atoms with van der Waals surface area (Å²) in [5.41, 5.74) is -0.728. The molecular weight excluding hydrogens is 534 g/mol. The molecule has 1 aliphatic rings. The molecule has 1 heterocycles. The molecule has 0 radical (unpaired) electrons. The van der Waals surface area contributed by atoms with Gasteiger partial charge >= 0.3 is 18.3 Å². The van der Waals surface area contributed by atoms with Gasteiger partial charge in [-0.2, -0.15) is 26.3 Å². The summed E-state index contributed by atoms with van der Waals surface area (Å²) in [5.74, 6) is -2.86. The number of aliphatic carboxylic acids is 1. The molecule has 214 valence electrons. The predicted octanol–water partition coefficient (Wildman–Crippen LogP) is 7.93. The quantitative estimate of drug-likeness (QED) is 0.296. The van der Waals surface area contributed by atoms with Crippen molar-refractivity contribution in [2.45, 2.75) is 38.5 Å². The Kier molecular flexibility index (Phi) is 8.37. The van der Waals surface area contributed by atoms with Crippen LogP contribution in [0.25, 0.3) is 11.1 Å². The molecule has 40 heavy (non-hydrogen) atoms. The van der Waals surface area contributed by atoms with E-state index in [1.807, 2.05) is 0 Å². The van der Waals surface area contributed by atoms with Crippen molar-refractivity contribution in [3.05, 3.63) is 83.4 Å². The molecule has 1 saturated heterocycles. The van der Waals surface area contributed by atoms with Gasteiger partial charge in [-0.25, -0.2) is 0 Å². The summed E-state index contributed by atoms with van der Waals surface area (Å²) in [7, 11) is 0. The van der Waals surface area contributed by atoms with Gasteiger partial charge in [0.1, 0.15) is 0 Å². The summed E-state index contributed by atoms with van der Waals surface area (Å²) in [6.07, 6.45) is -9.31. The van der Waals surface area contributed by atoms with E-state index < -0.39 is 35.4 Å². The van der Waals surface area contributed by atoms with Gasteiger partial charge in [0.25, 0.3) is 0 Å². The molecule has 10 heteroatoms. The van der Waals surface area contributed by atoms with Gasteiger partial charge in [0, 0.05) is 37.6 Å². The molecule has 0 amide bonds. The first-order chi connectivity index (χ1) is 18.8. The van der Waals surface area contributed by atoms with Crippen LogP contribution in [-0.4, -0.2) is 37.3 Å². The van der Waals surface area contributed by atoms with Crippen molar-refractivity contribution >= 4 is 17.3 Å². The van der Waals surface area contributed by atoms with Crippen LogP contribution in [0.3, 0.4) is 0 Å². The fourth-order valence-corrected chi connectivity index (χ4v) is 5.20. The Morgan fingerprint density at radius 1 is 0.800 bits per heavy atom. The van der Waals surface area contributed by atoms with Crippen LogP contribution in [-0.2, 0) is 17.1 Å². The fourth-order valence-electron chi connectivity index (χ4n) is 5.20. The molecule has 3 aromatic carbocycles. The second kappa shape index (κ2) is 11.4. The van der Waals surface area contributed by atoms with Crippen LogP contribution in [0.15, 0.2) is 66.7 Å². The number of halogens is 6. The van der Waals surface area contributed by atoms with Crippen molar-refractivity contribution in [2.24, 2.45) is 5.92 Å². The van der Waals surface area contributed by atoms with Crippen molar-refractivity contribution in [3.63, 3.8) is 0 Å². The summed E-state index contributed by atoms with van der Waals surface area (Å²) in [4.78, 5) is 15.5. The van der Waals surface area contributed by atoms with Gasteiger partial charge in [-0.05, 0) is 59.4 Å². The summed E-state index contributed by atoms with van der Waals surface area (Å²) >= 11 is 0. The predicted molar refractivity (Wildman–Crippen MR) is 143 cm³/mol. The lowest BCUT2D eigenvalue weighted by Crippen LogP contribution is -2.47. The third-order valence-electron chi connectivity index (χ3n) is 7.08. The first-order valence-corrected chi connectivity index (χ1v) is 13.0. The molecule has 0 aliphatic carbocycles. The first kappa shape index (κ1) is 29.3. The molecule has 1 atom stereocenters. The average Bonchev–Trinajstić information content (AvgIpc) is 2.90. The standard InChI is InChI=1S/C30H30F6N2O2/c1-19(2)15-25(28(39)40)24-16-21(20-7-4-3-5-8-20)17-26(27(24)30(34,35)36)38-13-11-37(12-14-38)23-10-6-9-22(18-23)29(31,32)33/h3-10,16-19,25H,11-15H2,1-2H3,(H,39,40). The molecule has 4 nitrogen and oxygen atoms in total. The molecule has 1 N–H and O–H groups in total. The monoisotopic (exact) mass is 564 g/mol. The van der Waals surface area contributed by atoms with Gasteiger partial charge in [0.05, 0.1) is 17.0 Å². The number of alkyl halides is 6. The van der Waals surface area contributed by atoms with Crippen LogP contribution in [0.1, 0.15) is 42.9 Å². The molecular formula is C30H30F6N2O2. The maximum absolute atomic E-state index is 14.7. The lowest BCUT2D eigenvalue weighted by molar-refractivity contribution is -0.142. The van der Waals surface area contributed by atoms with E-state index in [0.29, 0.717) is 16.8 Å². The summed E-state index contributed by atoms with van der Waals surface area (Å²) in [6.45, 7) is 4.13. The summed E-state index contributed by atoms with van der Waals surface area (Å²) < 4.78 is 83.8. The van der Waals surface area contributed by atoms with Crippen LogP contribution < -0.4 is 9.80 Å². The third kappa shape index (κ3) is 6.54. The van der Waals surface area contributed by atoms with Gasteiger partial charge in [-0.3, -0.25) is 4.79 Å². The van der Waals surface area contributed by atoms with Crippen LogP contribution in [0.5, 0.6) is 0 Å². The molecule has 0 spiro atoms. The molecule has 0 saturated carbocycles. The Hall–Kier alpha value is -3.69. The Morgan fingerprint density at radius 3 is 1.98 bits per heavy atom. The van der Waals surface area contributed by atoms with Crippen molar-refractivity contribution in [1.29, 1.82) is 0 Å². The molecule has 0 bridgehead atoms. The Balaban J connectivity index is 1.78. The molecule has 3 aromatic rings. The average molecular weight is 565 g/mol. The van der Waals surface area contributed by atoms with Crippen molar-refractivity contribution in [1.82, 2.24) is 0 Å². The number of carboxylic acids is 1. The number of piperazine rings is 1. The smallest absolute Gasteiger partial charge is 0.418 e. The number of carbonyl (C=O) groups is 1. The number of nitrogens with zero attached hydrogens (tertiary/aromatic N) is 2. The topological polar surface area (TPSA) is 43.8 Å². The SMILES string of the molecule is CC(C)CC(C(=O)O)c1cc(-c2ccccc2)cc(N2CCN(c3cccc(C(F)(F)F)c3)CC2)c1C(F)(F)F. The van der Waals surface area contributed by atoms with Crippen molar-refractivity contribution < 1.29 is 36.2 Å². The van der Waals surface area contributed by atoms with E-state index in [0.717, 1.165) is 12.1 Å². The van der Waals surface area contributed by atoms with Crippen molar-refractivity contribution in [2.75, 3.05) is 36.0 Å². The first-order valence-electron chi connectivity index (χ1n) is 13.0. The van der Waals surface area contributed by atoms with Gasteiger partial charge in [-0.15, -0.1) is 0 Å². The Labute approximate surface area is 228 Å². The van der Waals surface area contributed by atoms with E-state index in [1.165, 1.54) is 18.2 Å². The number of benzene rings is 3. The molecule has 0 aromatic heterocycles. The maximum Gasteiger partial charge on any atom is 0.418 e. The zero-order valence-electron chi connectivity index (χ0n) is 22.1. The van der Waals surface area contributed by atoms with Crippen LogP contribution in [0.2, 0.25) is 0 Å². The highest BCUT2D eigenvalue weighted by molar-refractivity contribution is 5.81. The molecule has 1 unspecified atom stereocenters. The molecule has 4 rings (SSSR count). The maximum atomic E-state index is 14.7. The second-order valence-corrected chi connectivity index (χ2v) is 10.4. The van der Waals surface area contributed by atoms with E-state index in [2.05, 4.69) is 0 Å². The fraction of sp³-hybridized carbons (Fsp3) is 0.367. The van der Waals surface area contributed by atoms with E-state index in [-0.39, 0.29) is 49.8 Å². The molecule has 1 aliphatic heterocycles. The van der Waals surface area contributed by atoms with Gasteiger partial charge in [0.15, 0.2) is 0 Å². The van der Waals surface area contributed by atoms with E-state index in [9.17, 15) is 36.2 Å². The van der Waals surface area contributed by atoms with Gasteiger partial charge in [0.2, 0.25) is 0 Å². The highest BCUT2D eigenvalue weighted by atomic mass is 19.4. The van der Waals surface area contributed by atoms with Crippen LogP contribution in [0.4, 0.5) is 37.7 Å². The second-order valence-electron chi connectivity index (χ2n) is 10.4. The van der Waals surface area contributed by atoms with E-state index in [1.54, 1.807) is 60.0 Å². The highest BCUT2D eigenvalue weighted by Gasteiger charge is 2.42. The largest absolute Gasteiger partial charge is 0.481 e. The van der Waals surface area contributed by atoms with Crippen molar-refractivity contribution in [3.8, 4) is 11.1 Å². The molecule has 1 fully saturated rings. The Bertz CT molecular complexity index is 1330. The minimum absolute atomic E-state index is 0.0272. The normalized spacial score (nSPS) is 15.4. The minimum atomic E-state index is -4.83. The zero-order valence-corrected chi connectivity index (χ0v) is 22.1. The summed E-state index contributed by atoms with van der Waals surface area (Å²) in [5, 5.41) is 10.0. The lowest BCUT2D eigenvalue weighted by Gasteiger charge is -2.39. The van der Waals surface area contributed by atoms with Crippen LogP contribution in [0, 0.1) is 5.92 Å². The minimum Gasteiger partial charge on any atom is -0.481 e. The number of anilines is 2. The number of hydrogen-bond acceptors (Lipinski definition) is 3. The van der Waals surface area contributed by atoms with E-state index >= 15 is 0 Å².